The first kappa shape index (κ1) is 17.4. The number of nitrogens with two attached hydrogens (primary N) is 1. The second kappa shape index (κ2) is 6.40. The van der Waals surface area contributed by atoms with Gasteiger partial charge in [0.05, 0.1) is 16.9 Å². The van der Waals surface area contributed by atoms with Gasteiger partial charge in [0.15, 0.2) is 5.75 Å². The fraction of sp³-hybridized carbons (Fsp3) is 0.0435. The van der Waals surface area contributed by atoms with Gasteiger partial charge in [0.25, 0.3) is 0 Å². The molecule has 0 radical (unpaired) electrons. The van der Waals surface area contributed by atoms with Crippen molar-refractivity contribution in [2.45, 2.75) is 5.92 Å². The molecule has 1 aliphatic heterocycles. The molecule has 2 N–H and O–H groups in total. The van der Waals surface area contributed by atoms with Crippen LogP contribution in [-0.4, -0.2) is 0 Å². The molecular weight excluding hydrogens is 388 g/mol. The highest BCUT2D eigenvalue weighted by Crippen LogP contribution is 2.44. The topological polar surface area (TPSA) is 89.3 Å². The Balaban J connectivity index is 1.88. The summed E-state index contributed by atoms with van der Waals surface area (Å²) in [6, 6.07) is 20.4. The summed E-state index contributed by atoms with van der Waals surface area (Å²) in [4.78, 5) is 13.1. The fourth-order valence-corrected chi connectivity index (χ4v) is 3.96. The highest BCUT2D eigenvalue weighted by Gasteiger charge is 2.35. The highest BCUT2D eigenvalue weighted by molar-refractivity contribution is 6.30. The Hall–Kier alpha value is -3.75. The number of ether oxygens (including phenoxy) is 1. The van der Waals surface area contributed by atoms with Crippen LogP contribution in [0.25, 0.3) is 21.7 Å². The number of rotatable bonds is 1. The van der Waals surface area contributed by atoms with Crippen molar-refractivity contribution in [1.29, 1.82) is 5.26 Å². The smallest absolute Gasteiger partial charge is 0.344 e. The molecule has 1 aliphatic rings. The van der Waals surface area contributed by atoms with E-state index < -0.39 is 11.5 Å². The quantitative estimate of drug-likeness (QED) is 0.365. The van der Waals surface area contributed by atoms with E-state index in [0.29, 0.717) is 27.3 Å². The lowest BCUT2D eigenvalue weighted by molar-refractivity contribution is 0.388. The molecule has 4 aromatic rings. The lowest BCUT2D eigenvalue weighted by atomic mass is 9.84. The van der Waals surface area contributed by atoms with Crippen LogP contribution < -0.4 is 16.1 Å². The zero-order chi connectivity index (χ0) is 20.1. The van der Waals surface area contributed by atoms with Crippen molar-refractivity contribution in [3.8, 4) is 11.8 Å². The van der Waals surface area contributed by atoms with Crippen LogP contribution in [0.1, 0.15) is 17.0 Å². The molecule has 6 heteroatoms. The van der Waals surface area contributed by atoms with Crippen LogP contribution in [-0.2, 0) is 0 Å². The summed E-state index contributed by atoms with van der Waals surface area (Å²) in [5, 5.41) is 12.6. The maximum absolute atomic E-state index is 13.1. The van der Waals surface area contributed by atoms with Gasteiger partial charge in [-0.05, 0) is 29.1 Å². The molecule has 0 aliphatic carbocycles. The molecule has 140 valence electrons. The summed E-state index contributed by atoms with van der Waals surface area (Å²) in [5.41, 5.74) is 7.06. The molecule has 0 bridgehead atoms. The van der Waals surface area contributed by atoms with Crippen molar-refractivity contribution in [1.82, 2.24) is 0 Å². The highest BCUT2D eigenvalue weighted by atomic mass is 35.5. The van der Waals surface area contributed by atoms with E-state index in [0.717, 1.165) is 10.8 Å². The molecule has 2 heterocycles. The Bertz CT molecular complexity index is 1430. The molecule has 3 aromatic carbocycles. The minimum Gasteiger partial charge on any atom is -0.439 e. The van der Waals surface area contributed by atoms with Crippen molar-refractivity contribution in [3.63, 3.8) is 0 Å². The third-order valence-electron chi connectivity index (χ3n) is 5.16. The third-order valence-corrected chi connectivity index (χ3v) is 5.41. The van der Waals surface area contributed by atoms with E-state index in [1.54, 1.807) is 24.3 Å². The molecule has 5 nitrogen and oxygen atoms in total. The maximum Gasteiger partial charge on any atom is 0.344 e. The normalized spacial score (nSPS) is 15.8. The van der Waals surface area contributed by atoms with Gasteiger partial charge in [0, 0.05) is 10.4 Å². The minimum absolute atomic E-state index is 0.0278. The van der Waals surface area contributed by atoms with Crippen LogP contribution in [0.5, 0.6) is 5.75 Å². The third kappa shape index (κ3) is 2.58. The average Bonchev–Trinajstić information content (AvgIpc) is 2.73. The lowest BCUT2D eigenvalue weighted by Crippen LogP contribution is -2.26. The predicted octanol–water partition coefficient (Wildman–Crippen LogP) is 4.82. The molecule has 5 rings (SSSR count). The van der Waals surface area contributed by atoms with E-state index >= 15 is 0 Å². The van der Waals surface area contributed by atoms with E-state index in [1.807, 2.05) is 36.4 Å². The van der Waals surface area contributed by atoms with Crippen molar-refractivity contribution in [3.05, 3.63) is 98.7 Å². The number of hydrogen-bond donors (Lipinski definition) is 1. The number of allylic oxidation sites excluding steroid dienone is 1. The van der Waals surface area contributed by atoms with E-state index in [2.05, 4.69) is 6.07 Å². The number of nitriles is 1. The Labute approximate surface area is 170 Å². The van der Waals surface area contributed by atoms with Crippen LogP contribution in [0.4, 0.5) is 0 Å². The molecule has 0 fully saturated rings. The van der Waals surface area contributed by atoms with Crippen molar-refractivity contribution < 1.29 is 9.15 Å². The average molecular weight is 401 g/mol. The van der Waals surface area contributed by atoms with E-state index in [-0.39, 0.29) is 17.0 Å². The number of nitrogens with zero attached hydrogens (tertiary/aromatic N) is 1. The van der Waals surface area contributed by atoms with Gasteiger partial charge < -0.3 is 14.9 Å². The standard InChI is InChI=1S/C23H13ClN2O3/c24-14-8-5-13(6-9-14)18-17(11-25)22(26)28-21-16-10-7-12-3-1-2-4-15(12)20(16)29-23(27)19(18)21/h1-10,18H,26H2. The number of benzene rings is 3. The minimum atomic E-state index is -0.701. The molecule has 1 unspecified atom stereocenters. The van der Waals surface area contributed by atoms with E-state index in [9.17, 15) is 10.1 Å². The second-order valence-corrected chi connectivity index (χ2v) is 7.21. The zero-order valence-corrected chi connectivity index (χ0v) is 15.7. The van der Waals surface area contributed by atoms with E-state index in [4.69, 9.17) is 26.5 Å². The second-order valence-electron chi connectivity index (χ2n) is 6.77. The molecule has 0 saturated carbocycles. The van der Waals surface area contributed by atoms with Gasteiger partial charge >= 0.3 is 5.63 Å². The Morgan fingerprint density at radius 1 is 1.00 bits per heavy atom. The van der Waals surface area contributed by atoms with Crippen LogP contribution >= 0.6 is 11.6 Å². The van der Waals surface area contributed by atoms with Gasteiger partial charge in [0.1, 0.15) is 17.2 Å². The molecular formula is C23H13ClN2O3. The summed E-state index contributed by atoms with van der Waals surface area (Å²) in [6.07, 6.45) is 0. The van der Waals surface area contributed by atoms with Crippen LogP contribution in [0.2, 0.25) is 5.02 Å². The maximum atomic E-state index is 13.1. The monoisotopic (exact) mass is 400 g/mol. The summed E-state index contributed by atoms with van der Waals surface area (Å²) < 4.78 is 11.5. The predicted molar refractivity (Wildman–Crippen MR) is 111 cm³/mol. The fourth-order valence-electron chi connectivity index (χ4n) is 3.84. The molecule has 29 heavy (non-hydrogen) atoms. The van der Waals surface area contributed by atoms with Crippen LogP contribution in [0.3, 0.4) is 0 Å². The van der Waals surface area contributed by atoms with Gasteiger partial charge in [-0.1, -0.05) is 54.1 Å². The first-order valence-corrected chi connectivity index (χ1v) is 9.28. The van der Waals surface area contributed by atoms with Gasteiger partial charge in [-0.2, -0.15) is 5.26 Å². The number of halogens is 1. The van der Waals surface area contributed by atoms with E-state index in [1.165, 1.54) is 0 Å². The van der Waals surface area contributed by atoms with Gasteiger partial charge in [-0.25, -0.2) is 4.79 Å². The van der Waals surface area contributed by atoms with Gasteiger partial charge in [0.2, 0.25) is 5.88 Å². The summed E-state index contributed by atoms with van der Waals surface area (Å²) in [6.45, 7) is 0. The number of fused-ring (bicyclic) bond motifs is 5. The van der Waals surface area contributed by atoms with Crippen molar-refractivity contribution in [2.75, 3.05) is 0 Å². The Morgan fingerprint density at radius 2 is 1.76 bits per heavy atom. The van der Waals surface area contributed by atoms with Gasteiger partial charge in [-0.3, -0.25) is 0 Å². The van der Waals surface area contributed by atoms with Crippen molar-refractivity contribution >= 4 is 33.3 Å². The van der Waals surface area contributed by atoms with Crippen molar-refractivity contribution in [2.24, 2.45) is 5.73 Å². The number of hydrogen-bond acceptors (Lipinski definition) is 5. The van der Waals surface area contributed by atoms with Crippen LogP contribution in [0, 0.1) is 11.3 Å². The lowest BCUT2D eigenvalue weighted by Gasteiger charge is -2.26. The summed E-state index contributed by atoms with van der Waals surface area (Å²) in [7, 11) is 0. The van der Waals surface area contributed by atoms with Crippen LogP contribution in [0.15, 0.2) is 81.3 Å². The molecule has 0 amide bonds. The first-order valence-electron chi connectivity index (χ1n) is 8.90. The zero-order valence-electron chi connectivity index (χ0n) is 15.0. The summed E-state index contributed by atoms with van der Waals surface area (Å²) >= 11 is 6.01. The molecule has 1 aromatic heterocycles. The molecule has 0 saturated heterocycles. The molecule has 0 spiro atoms. The Kier molecular flexibility index (Phi) is 3.83. The SMILES string of the molecule is N#CC1=C(N)Oc2c(c(=O)oc3c2ccc2ccccc23)C1c1ccc(Cl)cc1. The summed E-state index contributed by atoms with van der Waals surface area (Å²) in [5.74, 6) is -0.411. The Morgan fingerprint density at radius 3 is 2.52 bits per heavy atom. The van der Waals surface area contributed by atoms with Gasteiger partial charge in [-0.15, -0.1) is 0 Å². The largest absolute Gasteiger partial charge is 0.439 e. The first-order chi connectivity index (χ1) is 14.1. The molecule has 1 atom stereocenters.